The molecule has 80 valence electrons. The van der Waals surface area contributed by atoms with Crippen LogP contribution in [0.25, 0.3) is 0 Å². The van der Waals surface area contributed by atoms with Gasteiger partial charge in [-0.25, -0.2) is 0 Å². The van der Waals surface area contributed by atoms with E-state index in [1.807, 2.05) is 0 Å². The quantitative estimate of drug-likeness (QED) is 0.381. The maximum atomic E-state index is 10.6. The van der Waals surface area contributed by atoms with Crippen molar-refractivity contribution < 1.29 is 4.74 Å². The predicted molar refractivity (Wildman–Crippen MR) is 55.7 cm³/mol. The highest BCUT2D eigenvalue weighted by Crippen LogP contribution is 2.43. The molecule has 0 radical (unpaired) electrons. The van der Waals surface area contributed by atoms with Crippen LogP contribution >= 0.6 is 0 Å². The van der Waals surface area contributed by atoms with Gasteiger partial charge in [-0.15, -0.1) is 0 Å². The molecule has 0 aromatic heterocycles. The molecule has 2 aliphatic rings. The first kappa shape index (κ1) is 10.1. The highest BCUT2D eigenvalue weighted by atomic mass is 16.5. The molecule has 1 saturated carbocycles. The topological polar surface area (TPSA) is 35.5 Å². The Morgan fingerprint density at radius 2 is 2.29 bits per heavy atom. The standard InChI is InChI=1S/C11H18NO2/c1-12(13)4-5-14-8-11-7-9-2-3-10(11)6-9/h2-3,9-11H,4-8H2,1H3/q-1. The Hall–Kier alpha value is -0.380. The van der Waals surface area contributed by atoms with E-state index in [0.717, 1.165) is 23.5 Å². The van der Waals surface area contributed by atoms with E-state index in [0.29, 0.717) is 19.1 Å². The maximum Gasteiger partial charge on any atom is 0.0584 e. The van der Waals surface area contributed by atoms with E-state index in [1.54, 1.807) is 0 Å². The Balaban J connectivity index is 1.61. The molecule has 3 nitrogen and oxygen atoms in total. The van der Waals surface area contributed by atoms with E-state index in [1.165, 1.54) is 19.9 Å². The zero-order valence-electron chi connectivity index (χ0n) is 8.69. The zero-order valence-corrected chi connectivity index (χ0v) is 8.69. The third-order valence-corrected chi connectivity index (χ3v) is 3.30. The van der Waals surface area contributed by atoms with E-state index in [9.17, 15) is 5.21 Å². The third kappa shape index (κ3) is 2.35. The minimum Gasteiger partial charge on any atom is -0.785 e. The lowest BCUT2D eigenvalue weighted by molar-refractivity contribution is 0.0823. The van der Waals surface area contributed by atoms with E-state index in [2.05, 4.69) is 12.2 Å². The first-order valence-electron chi connectivity index (χ1n) is 5.40. The number of nitrogens with zero attached hydrogens (tertiary/aromatic N) is 1. The Bertz CT molecular complexity index is 215. The van der Waals surface area contributed by atoms with Crippen LogP contribution in [-0.4, -0.2) is 31.9 Å². The van der Waals surface area contributed by atoms with Gasteiger partial charge in [0.25, 0.3) is 0 Å². The summed E-state index contributed by atoms with van der Waals surface area (Å²) in [6, 6.07) is 0. The van der Waals surface area contributed by atoms with Gasteiger partial charge in [-0.1, -0.05) is 12.2 Å². The number of allylic oxidation sites excluding steroid dienone is 2. The summed E-state index contributed by atoms with van der Waals surface area (Å²) in [6.45, 7) is 1.88. The van der Waals surface area contributed by atoms with Crippen molar-refractivity contribution >= 4 is 0 Å². The van der Waals surface area contributed by atoms with Gasteiger partial charge >= 0.3 is 0 Å². The summed E-state index contributed by atoms with van der Waals surface area (Å²) in [5.74, 6) is 2.28. The Labute approximate surface area is 85.3 Å². The summed E-state index contributed by atoms with van der Waals surface area (Å²) in [7, 11) is 1.53. The minimum absolute atomic E-state index is 0.483. The van der Waals surface area contributed by atoms with Crippen molar-refractivity contribution in [3.63, 3.8) is 0 Å². The van der Waals surface area contributed by atoms with Gasteiger partial charge in [-0.3, -0.25) is 0 Å². The first-order chi connectivity index (χ1) is 6.75. The van der Waals surface area contributed by atoms with Crippen molar-refractivity contribution in [2.45, 2.75) is 12.8 Å². The number of hydrogen-bond acceptors (Lipinski definition) is 3. The van der Waals surface area contributed by atoms with Gasteiger partial charge in [0.2, 0.25) is 0 Å². The molecule has 2 bridgehead atoms. The van der Waals surface area contributed by atoms with Gasteiger partial charge in [0.15, 0.2) is 0 Å². The summed E-state index contributed by atoms with van der Waals surface area (Å²) in [5, 5.41) is 11.5. The smallest absolute Gasteiger partial charge is 0.0584 e. The van der Waals surface area contributed by atoms with Crippen LogP contribution in [0.15, 0.2) is 12.2 Å². The van der Waals surface area contributed by atoms with Crippen molar-refractivity contribution in [3.8, 4) is 0 Å². The second-order valence-corrected chi connectivity index (χ2v) is 4.47. The van der Waals surface area contributed by atoms with E-state index in [4.69, 9.17) is 4.74 Å². The summed E-state index contributed by atoms with van der Waals surface area (Å²) >= 11 is 0. The third-order valence-electron chi connectivity index (χ3n) is 3.30. The molecule has 14 heavy (non-hydrogen) atoms. The lowest BCUT2D eigenvalue weighted by Crippen LogP contribution is -2.20. The molecule has 2 aliphatic carbocycles. The highest BCUT2D eigenvalue weighted by Gasteiger charge is 2.35. The van der Waals surface area contributed by atoms with Crippen LogP contribution in [0, 0.1) is 23.0 Å². The average molecular weight is 196 g/mol. The molecule has 1 fully saturated rings. The molecule has 0 spiro atoms. The molecule has 0 heterocycles. The molecule has 0 N–H and O–H groups in total. The molecule has 3 heteroatoms. The van der Waals surface area contributed by atoms with Crippen LogP contribution in [0.5, 0.6) is 0 Å². The van der Waals surface area contributed by atoms with Crippen LogP contribution < -0.4 is 0 Å². The normalized spacial score (nSPS) is 34.6. The second-order valence-electron chi connectivity index (χ2n) is 4.47. The molecule has 3 atom stereocenters. The van der Waals surface area contributed by atoms with Gasteiger partial charge in [0.05, 0.1) is 13.2 Å². The van der Waals surface area contributed by atoms with Crippen molar-refractivity contribution in [1.29, 1.82) is 0 Å². The van der Waals surface area contributed by atoms with E-state index in [-0.39, 0.29) is 0 Å². The van der Waals surface area contributed by atoms with Crippen LogP contribution in [-0.2, 0) is 4.74 Å². The first-order valence-corrected chi connectivity index (χ1v) is 5.40. The fourth-order valence-corrected chi connectivity index (χ4v) is 2.51. The molecule has 0 aromatic carbocycles. The van der Waals surface area contributed by atoms with E-state index >= 15 is 0 Å². The van der Waals surface area contributed by atoms with Crippen LogP contribution in [0.3, 0.4) is 0 Å². The Kier molecular flexibility index (Phi) is 3.21. The lowest BCUT2D eigenvalue weighted by Gasteiger charge is -2.23. The van der Waals surface area contributed by atoms with Gasteiger partial charge in [-0.05, 0) is 37.6 Å². The Morgan fingerprint density at radius 3 is 2.86 bits per heavy atom. The minimum atomic E-state index is 0.483. The van der Waals surface area contributed by atoms with E-state index < -0.39 is 0 Å². The van der Waals surface area contributed by atoms with Crippen molar-refractivity contribution in [2.24, 2.45) is 17.8 Å². The molecule has 2 rings (SSSR count). The van der Waals surface area contributed by atoms with Gasteiger partial charge in [0.1, 0.15) is 0 Å². The summed E-state index contributed by atoms with van der Waals surface area (Å²) < 4.78 is 5.51. The molecule has 0 amide bonds. The van der Waals surface area contributed by atoms with Crippen molar-refractivity contribution in [2.75, 3.05) is 26.8 Å². The SMILES string of the molecule is CN([O-])CCOCC1CC2C=CC1C2. The monoisotopic (exact) mass is 196 g/mol. The Morgan fingerprint density at radius 1 is 1.43 bits per heavy atom. The molecule has 0 saturated heterocycles. The van der Waals surface area contributed by atoms with Crippen molar-refractivity contribution in [3.05, 3.63) is 17.4 Å². The highest BCUT2D eigenvalue weighted by molar-refractivity contribution is 5.09. The summed E-state index contributed by atoms with van der Waals surface area (Å²) in [5.41, 5.74) is 0. The fourth-order valence-electron chi connectivity index (χ4n) is 2.51. The summed E-state index contributed by atoms with van der Waals surface area (Å²) in [6.07, 6.45) is 7.29. The lowest BCUT2D eigenvalue weighted by atomic mass is 9.95. The fraction of sp³-hybridized carbons (Fsp3) is 0.818. The number of fused-ring (bicyclic) bond motifs is 2. The number of hydrogen-bond donors (Lipinski definition) is 0. The molecular weight excluding hydrogens is 178 g/mol. The predicted octanol–water partition coefficient (Wildman–Crippen LogP) is 1.64. The van der Waals surface area contributed by atoms with Crippen LogP contribution in [0.4, 0.5) is 0 Å². The summed E-state index contributed by atoms with van der Waals surface area (Å²) in [4.78, 5) is 0. The zero-order chi connectivity index (χ0) is 9.97. The van der Waals surface area contributed by atoms with Crippen molar-refractivity contribution in [1.82, 2.24) is 5.06 Å². The largest absolute Gasteiger partial charge is 0.785 e. The van der Waals surface area contributed by atoms with Gasteiger partial charge < -0.3 is 15.0 Å². The van der Waals surface area contributed by atoms with Gasteiger partial charge in [0, 0.05) is 6.54 Å². The number of rotatable bonds is 5. The average Bonchev–Trinajstić information content (AvgIpc) is 2.73. The number of ether oxygens (including phenoxy) is 1. The van der Waals surface area contributed by atoms with Gasteiger partial charge in [-0.2, -0.15) is 0 Å². The molecule has 0 aromatic rings. The number of hydroxylamine groups is 2. The van der Waals surface area contributed by atoms with Crippen LogP contribution in [0.2, 0.25) is 0 Å². The van der Waals surface area contributed by atoms with Crippen LogP contribution in [0.1, 0.15) is 12.8 Å². The molecular formula is C11H18NO2-. The maximum absolute atomic E-state index is 10.6. The number of likely N-dealkylation sites (N-methyl/N-ethyl adjacent to an activating group) is 1. The molecule has 3 unspecified atom stereocenters. The second kappa shape index (κ2) is 4.43. The molecule has 0 aliphatic heterocycles.